The second-order valence-electron chi connectivity index (χ2n) is 5.40. The average Bonchev–Trinajstić information content (AvgIpc) is 2.55. The topological polar surface area (TPSA) is 38.3 Å². The van der Waals surface area contributed by atoms with Gasteiger partial charge >= 0.3 is 0 Å². The van der Waals surface area contributed by atoms with Crippen molar-refractivity contribution in [3.63, 3.8) is 0 Å². The van der Waals surface area contributed by atoms with E-state index in [1.807, 2.05) is 24.3 Å². The van der Waals surface area contributed by atoms with Gasteiger partial charge in [-0.3, -0.25) is 4.79 Å². The maximum Gasteiger partial charge on any atom is 0.230 e. The summed E-state index contributed by atoms with van der Waals surface area (Å²) in [5.41, 5.74) is 2.30. The Hall–Kier alpha value is -1.94. The predicted molar refractivity (Wildman–Crippen MR) is 89.3 cm³/mol. The summed E-state index contributed by atoms with van der Waals surface area (Å²) >= 11 is 1.56. The Labute approximate surface area is 135 Å². The lowest BCUT2D eigenvalue weighted by Gasteiger charge is -2.26. The van der Waals surface area contributed by atoms with Crippen LogP contribution in [0, 0.1) is 6.92 Å². The molecule has 0 aliphatic carbocycles. The number of carbonyl (C=O) groups is 1. The molecule has 0 spiro atoms. The summed E-state index contributed by atoms with van der Waals surface area (Å²) in [4.78, 5) is 13.3. The molecular weight excluding hydrogens is 294 g/mol. The number of aryl methyl sites for hydroxylation is 1. The molecule has 1 aliphatic rings. The zero-order valence-corrected chi connectivity index (χ0v) is 13.4. The van der Waals surface area contributed by atoms with Gasteiger partial charge in [-0.1, -0.05) is 35.9 Å². The summed E-state index contributed by atoms with van der Waals surface area (Å²) in [6, 6.07) is 16.2. The Bertz CT molecular complexity index is 654. The largest absolute Gasteiger partial charge is 0.493 e. The van der Waals surface area contributed by atoms with Crippen molar-refractivity contribution in [1.29, 1.82) is 0 Å². The van der Waals surface area contributed by atoms with Gasteiger partial charge in [-0.2, -0.15) is 0 Å². The van der Waals surface area contributed by atoms with E-state index in [1.54, 1.807) is 11.8 Å². The van der Waals surface area contributed by atoms with Crippen molar-refractivity contribution in [1.82, 2.24) is 5.32 Å². The van der Waals surface area contributed by atoms with E-state index in [0.717, 1.165) is 22.6 Å². The minimum absolute atomic E-state index is 0.0519. The molecule has 2 aromatic carbocycles. The van der Waals surface area contributed by atoms with E-state index in [4.69, 9.17) is 4.74 Å². The van der Waals surface area contributed by atoms with Crippen molar-refractivity contribution in [3.8, 4) is 5.75 Å². The van der Waals surface area contributed by atoms with Gasteiger partial charge in [-0.15, -0.1) is 11.8 Å². The number of fused-ring (bicyclic) bond motifs is 1. The van der Waals surface area contributed by atoms with E-state index in [-0.39, 0.29) is 11.9 Å². The highest BCUT2D eigenvalue weighted by Crippen LogP contribution is 2.31. The maximum absolute atomic E-state index is 12.2. The molecule has 1 aliphatic heterocycles. The first-order valence-corrected chi connectivity index (χ1v) is 8.41. The van der Waals surface area contributed by atoms with Gasteiger partial charge in [0.2, 0.25) is 5.91 Å². The SMILES string of the molecule is Cc1ccc(SCC(=O)NC2CCOc3ccccc32)cc1. The molecule has 0 fully saturated rings. The monoisotopic (exact) mass is 313 g/mol. The second-order valence-corrected chi connectivity index (χ2v) is 6.45. The van der Waals surface area contributed by atoms with E-state index >= 15 is 0 Å². The van der Waals surface area contributed by atoms with E-state index in [0.29, 0.717) is 12.4 Å². The smallest absolute Gasteiger partial charge is 0.230 e. The van der Waals surface area contributed by atoms with Crippen LogP contribution in [0.4, 0.5) is 0 Å². The average molecular weight is 313 g/mol. The lowest BCUT2D eigenvalue weighted by atomic mass is 10.0. The lowest BCUT2D eigenvalue weighted by Crippen LogP contribution is -2.33. The van der Waals surface area contributed by atoms with E-state index in [2.05, 4.69) is 36.5 Å². The highest BCUT2D eigenvalue weighted by molar-refractivity contribution is 8.00. The molecule has 0 saturated carbocycles. The van der Waals surface area contributed by atoms with Gasteiger partial charge in [0.05, 0.1) is 18.4 Å². The third-order valence-electron chi connectivity index (χ3n) is 3.68. The number of nitrogens with one attached hydrogen (secondary N) is 1. The van der Waals surface area contributed by atoms with Gasteiger partial charge in [-0.25, -0.2) is 0 Å². The molecule has 22 heavy (non-hydrogen) atoms. The van der Waals surface area contributed by atoms with Crippen LogP contribution in [0.25, 0.3) is 0 Å². The van der Waals surface area contributed by atoms with E-state index < -0.39 is 0 Å². The van der Waals surface area contributed by atoms with Crippen LogP contribution in [0.1, 0.15) is 23.6 Å². The van der Waals surface area contributed by atoms with Crippen LogP contribution in [0.3, 0.4) is 0 Å². The number of amides is 1. The number of ether oxygens (including phenoxy) is 1. The van der Waals surface area contributed by atoms with Gasteiger partial charge in [0.25, 0.3) is 0 Å². The van der Waals surface area contributed by atoms with Crippen LogP contribution in [0.5, 0.6) is 5.75 Å². The minimum Gasteiger partial charge on any atom is -0.493 e. The number of hydrogen-bond donors (Lipinski definition) is 1. The van der Waals surface area contributed by atoms with Crippen molar-refractivity contribution in [3.05, 3.63) is 59.7 Å². The van der Waals surface area contributed by atoms with Crippen LogP contribution in [0.15, 0.2) is 53.4 Å². The molecule has 1 heterocycles. The Morgan fingerprint density at radius 1 is 1.23 bits per heavy atom. The zero-order chi connectivity index (χ0) is 15.4. The fraction of sp³-hybridized carbons (Fsp3) is 0.278. The van der Waals surface area contributed by atoms with Crippen LogP contribution >= 0.6 is 11.8 Å². The quantitative estimate of drug-likeness (QED) is 0.874. The Morgan fingerprint density at radius 3 is 2.82 bits per heavy atom. The molecule has 3 rings (SSSR count). The van der Waals surface area contributed by atoms with Crippen LogP contribution in [-0.4, -0.2) is 18.3 Å². The van der Waals surface area contributed by atoms with Crippen LogP contribution in [0.2, 0.25) is 0 Å². The number of para-hydroxylation sites is 1. The molecule has 3 nitrogen and oxygen atoms in total. The predicted octanol–water partition coefficient (Wildman–Crippen LogP) is 3.73. The number of hydrogen-bond acceptors (Lipinski definition) is 3. The van der Waals surface area contributed by atoms with Crippen molar-refractivity contribution in [2.24, 2.45) is 0 Å². The van der Waals surface area contributed by atoms with Gasteiger partial charge < -0.3 is 10.1 Å². The molecule has 1 amide bonds. The van der Waals surface area contributed by atoms with E-state index in [1.165, 1.54) is 5.56 Å². The van der Waals surface area contributed by atoms with Gasteiger partial charge in [0.1, 0.15) is 5.75 Å². The standard InChI is InChI=1S/C18H19NO2S/c1-13-6-8-14(9-7-13)22-12-18(20)19-16-10-11-21-17-5-3-2-4-15(16)17/h2-9,16H,10-12H2,1H3,(H,19,20). The molecule has 0 saturated heterocycles. The Morgan fingerprint density at radius 2 is 2.00 bits per heavy atom. The van der Waals surface area contributed by atoms with Crippen LogP contribution < -0.4 is 10.1 Å². The van der Waals surface area contributed by atoms with Crippen molar-refractivity contribution in [2.75, 3.05) is 12.4 Å². The number of rotatable bonds is 4. The zero-order valence-electron chi connectivity index (χ0n) is 12.5. The molecule has 0 aromatic heterocycles. The summed E-state index contributed by atoms with van der Waals surface area (Å²) in [5.74, 6) is 1.38. The molecule has 0 bridgehead atoms. The second kappa shape index (κ2) is 6.88. The number of benzene rings is 2. The third-order valence-corrected chi connectivity index (χ3v) is 4.70. The minimum atomic E-state index is 0.0519. The highest BCUT2D eigenvalue weighted by atomic mass is 32.2. The van der Waals surface area contributed by atoms with Gasteiger partial charge in [0, 0.05) is 16.9 Å². The highest BCUT2D eigenvalue weighted by Gasteiger charge is 2.22. The van der Waals surface area contributed by atoms with Gasteiger partial charge in [-0.05, 0) is 25.1 Å². The molecule has 1 unspecified atom stereocenters. The fourth-order valence-electron chi connectivity index (χ4n) is 2.51. The summed E-state index contributed by atoms with van der Waals surface area (Å²) in [7, 11) is 0. The summed E-state index contributed by atoms with van der Waals surface area (Å²) in [6.07, 6.45) is 0.817. The normalized spacial score (nSPS) is 16.5. The Kier molecular flexibility index (Phi) is 4.68. The maximum atomic E-state index is 12.2. The van der Waals surface area contributed by atoms with Crippen molar-refractivity contribution < 1.29 is 9.53 Å². The van der Waals surface area contributed by atoms with Crippen molar-refractivity contribution in [2.45, 2.75) is 24.3 Å². The number of carbonyl (C=O) groups excluding carboxylic acids is 1. The molecule has 4 heteroatoms. The van der Waals surface area contributed by atoms with Crippen molar-refractivity contribution >= 4 is 17.7 Å². The molecule has 0 radical (unpaired) electrons. The summed E-state index contributed by atoms with van der Waals surface area (Å²) in [5, 5.41) is 3.12. The first-order valence-electron chi connectivity index (χ1n) is 7.43. The lowest BCUT2D eigenvalue weighted by molar-refractivity contribution is -0.119. The summed E-state index contributed by atoms with van der Waals surface area (Å²) in [6.45, 7) is 2.71. The van der Waals surface area contributed by atoms with Gasteiger partial charge in [0.15, 0.2) is 0 Å². The first kappa shape index (κ1) is 15.0. The fourth-order valence-corrected chi connectivity index (χ4v) is 3.22. The molecular formula is C18H19NO2S. The van der Waals surface area contributed by atoms with Crippen LogP contribution in [-0.2, 0) is 4.79 Å². The molecule has 1 N–H and O–H groups in total. The third kappa shape index (κ3) is 3.63. The molecule has 114 valence electrons. The Balaban J connectivity index is 1.57. The van der Waals surface area contributed by atoms with E-state index in [9.17, 15) is 4.79 Å². The molecule has 2 aromatic rings. The first-order chi connectivity index (χ1) is 10.7. The number of thioether (sulfide) groups is 1. The summed E-state index contributed by atoms with van der Waals surface area (Å²) < 4.78 is 5.62. The molecule has 1 atom stereocenters.